The van der Waals surface area contributed by atoms with Crippen LogP contribution in [0, 0.1) is 0 Å². The summed E-state index contributed by atoms with van der Waals surface area (Å²) in [5, 5.41) is 8.43. The molecule has 1 fully saturated rings. The fourth-order valence-corrected chi connectivity index (χ4v) is 3.89. The summed E-state index contributed by atoms with van der Waals surface area (Å²) in [5.74, 6) is 2.38. The van der Waals surface area contributed by atoms with Gasteiger partial charge in [0, 0.05) is 41.2 Å². The van der Waals surface area contributed by atoms with E-state index in [2.05, 4.69) is 39.4 Å². The molecule has 4 nitrogen and oxygen atoms in total. The van der Waals surface area contributed by atoms with E-state index in [0.29, 0.717) is 5.39 Å². The number of aromatic nitrogens is 2. The molecule has 1 saturated heterocycles. The van der Waals surface area contributed by atoms with Crippen LogP contribution in [0.1, 0.15) is 0 Å². The highest BCUT2D eigenvalue weighted by Gasteiger charge is 2.12. The summed E-state index contributed by atoms with van der Waals surface area (Å²) in [7, 11) is 0. The van der Waals surface area contributed by atoms with Gasteiger partial charge in [0.2, 0.25) is 0 Å². The van der Waals surface area contributed by atoms with Crippen LogP contribution < -0.4 is 10.5 Å². The average molecular weight is 323 g/mol. The largest absolute Gasteiger partial charge is 0.370 e. The van der Waals surface area contributed by atoms with E-state index in [1.54, 1.807) is 0 Å². The molecule has 2 heterocycles. The number of rotatable bonds is 2. The SMILES string of the molecule is O=c1[nH]nc(-c2ccc(N3CCSCC3)cc2)c2ccccc12. The summed E-state index contributed by atoms with van der Waals surface area (Å²) in [6.45, 7) is 2.20. The second-order valence-corrected chi connectivity index (χ2v) is 6.82. The second-order valence-electron chi connectivity index (χ2n) is 5.59. The molecule has 2 aromatic carbocycles. The molecular weight excluding hydrogens is 306 g/mol. The standard InChI is InChI=1S/C18H17N3OS/c22-18-16-4-2-1-3-15(16)17(19-20-18)13-5-7-14(8-6-13)21-9-11-23-12-10-21/h1-8H,9-12H2,(H,20,22). The first kappa shape index (κ1) is 14.3. The Hall–Kier alpha value is -2.27. The molecule has 0 spiro atoms. The van der Waals surface area contributed by atoms with Gasteiger partial charge >= 0.3 is 0 Å². The van der Waals surface area contributed by atoms with Gasteiger partial charge in [0.15, 0.2) is 0 Å². The van der Waals surface area contributed by atoms with Crippen LogP contribution in [0.15, 0.2) is 53.3 Å². The number of nitrogens with one attached hydrogen (secondary N) is 1. The minimum Gasteiger partial charge on any atom is -0.370 e. The fourth-order valence-electron chi connectivity index (χ4n) is 2.99. The van der Waals surface area contributed by atoms with Gasteiger partial charge in [-0.2, -0.15) is 16.9 Å². The van der Waals surface area contributed by atoms with E-state index < -0.39 is 0 Å². The van der Waals surface area contributed by atoms with Gasteiger partial charge < -0.3 is 4.90 Å². The average Bonchev–Trinajstić information content (AvgIpc) is 2.63. The molecule has 23 heavy (non-hydrogen) atoms. The van der Waals surface area contributed by atoms with Crippen molar-refractivity contribution in [2.24, 2.45) is 0 Å². The van der Waals surface area contributed by atoms with E-state index in [-0.39, 0.29) is 5.56 Å². The third-order valence-corrected chi connectivity index (χ3v) is 5.16. The van der Waals surface area contributed by atoms with Gasteiger partial charge in [0.25, 0.3) is 5.56 Å². The van der Waals surface area contributed by atoms with Crippen LogP contribution in [0.4, 0.5) is 5.69 Å². The second kappa shape index (κ2) is 6.08. The zero-order chi connectivity index (χ0) is 15.6. The molecular formula is C18H17N3OS. The Kier molecular flexibility index (Phi) is 3.79. The van der Waals surface area contributed by atoms with E-state index in [9.17, 15) is 4.79 Å². The van der Waals surface area contributed by atoms with Crippen molar-refractivity contribution in [1.29, 1.82) is 0 Å². The molecule has 3 aromatic rings. The van der Waals surface area contributed by atoms with Crippen LogP contribution in [-0.4, -0.2) is 34.8 Å². The third kappa shape index (κ3) is 2.72. The quantitative estimate of drug-likeness (QED) is 0.787. The Bertz CT molecular complexity index is 883. The number of aromatic amines is 1. The van der Waals surface area contributed by atoms with Gasteiger partial charge in [-0.25, -0.2) is 5.10 Å². The Morgan fingerprint density at radius 1 is 0.957 bits per heavy atom. The Morgan fingerprint density at radius 3 is 2.39 bits per heavy atom. The lowest BCUT2D eigenvalue weighted by Crippen LogP contribution is -2.32. The number of thioether (sulfide) groups is 1. The van der Waals surface area contributed by atoms with Crippen molar-refractivity contribution in [2.75, 3.05) is 29.5 Å². The van der Waals surface area contributed by atoms with Gasteiger partial charge in [-0.05, 0) is 18.2 Å². The van der Waals surface area contributed by atoms with Crippen LogP contribution in [-0.2, 0) is 0 Å². The van der Waals surface area contributed by atoms with Gasteiger partial charge in [0.05, 0.1) is 11.1 Å². The summed E-state index contributed by atoms with van der Waals surface area (Å²) in [6.07, 6.45) is 0. The van der Waals surface area contributed by atoms with E-state index in [1.165, 1.54) is 17.2 Å². The number of anilines is 1. The highest BCUT2D eigenvalue weighted by molar-refractivity contribution is 7.99. The van der Waals surface area contributed by atoms with E-state index >= 15 is 0 Å². The topological polar surface area (TPSA) is 49.0 Å². The molecule has 0 amide bonds. The van der Waals surface area contributed by atoms with Crippen LogP contribution in [0.25, 0.3) is 22.0 Å². The first-order valence-corrected chi connectivity index (χ1v) is 8.89. The normalized spacial score (nSPS) is 15.0. The molecule has 0 radical (unpaired) electrons. The molecule has 1 aliphatic rings. The molecule has 0 unspecified atom stereocenters. The Labute approximate surface area is 138 Å². The lowest BCUT2D eigenvalue weighted by atomic mass is 10.0. The molecule has 0 aliphatic carbocycles. The Balaban J connectivity index is 1.74. The Morgan fingerprint density at radius 2 is 1.65 bits per heavy atom. The lowest BCUT2D eigenvalue weighted by molar-refractivity contribution is 0.859. The van der Waals surface area contributed by atoms with Crippen LogP contribution >= 0.6 is 11.8 Å². The molecule has 0 bridgehead atoms. The van der Waals surface area contributed by atoms with Crippen LogP contribution in [0.5, 0.6) is 0 Å². The van der Waals surface area contributed by atoms with Gasteiger partial charge in [-0.3, -0.25) is 4.79 Å². The van der Waals surface area contributed by atoms with Crippen molar-refractivity contribution in [2.45, 2.75) is 0 Å². The number of fused-ring (bicyclic) bond motifs is 1. The summed E-state index contributed by atoms with van der Waals surface area (Å²) in [5.41, 5.74) is 2.95. The van der Waals surface area contributed by atoms with Gasteiger partial charge in [0.1, 0.15) is 0 Å². The minimum absolute atomic E-state index is 0.146. The monoisotopic (exact) mass is 323 g/mol. The van der Waals surface area contributed by atoms with E-state index in [1.807, 2.05) is 36.0 Å². The van der Waals surface area contributed by atoms with Crippen LogP contribution in [0.3, 0.4) is 0 Å². The van der Waals surface area contributed by atoms with Crippen molar-refractivity contribution in [3.8, 4) is 11.3 Å². The van der Waals surface area contributed by atoms with E-state index in [0.717, 1.165) is 29.7 Å². The van der Waals surface area contributed by atoms with Crippen LogP contribution in [0.2, 0.25) is 0 Å². The minimum atomic E-state index is -0.146. The molecule has 1 aliphatic heterocycles. The summed E-state index contributed by atoms with van der Waals surface area (Å²) >= 11 is 2.01. The molecule has 4 rings (SSSR count). The molecule has 1 aromatic heterocycles. The maximum atomic E-state index is 11.9. The zero-order valence-electron chi connectivity index (χ0n) is 12.7. The molecule has 0 atom stereocenters. The fraction of sp³-hybridized carbons (Fsp3) is 0.222. The summed E-state index contributed by atoms with van der Waals surface area (Å²) in [4.78, 5) is 14.3. The van der Waals surface area contributed by atoms with E-state index in [4.69, 9.17) is 0 Å². The smallest absolute Gasteiger partial charge is 0.272 e. The maximum absolute atomic E-state index is 11.9. The highest BCUT2D eigenvalue weighted by atomic mass is 32.2. The van der Waals surface area contributed by atoms with Crippen molar-refractivity contribution >= 4 is 28.2 Å². The molecule has 116 valence electrons. The number of hydrogen-bond donors (Lipinski definition) is 1. The lowest BCUT2D eigenvalue weighted by Gasteiger charge is -2.28. The number of nitrogens with zero attached hydrogens (tertiary/aromatic N) is 2. The van der Waals surface area contributed by atoms with Gasteiger partial charge in [-0.15, -0.1) is 0 Å². The summed E-state index contributed by atoms with van der Waals surface area (Å²) in [6, 6.07) is 16.1. The zero-order valence-corrected chi connectivity index (χ0v) is 13.5. The maximum Gasteiger partial charge on any atom is 0.272 e. The molecule has 0 saturated carbocycles. The predicted octanol–water partition coefficient (Wildman–Crippen LogP) is 3.14. The molecule has 1 N–H and O–H groups in total. The highest BCUT2D eigenvalue weighted by Crippen LogP contribution is 2.27. The van der Waals surface area contributed by atoms with Crippen molar-refractivity contribution in [1.82, 2.24) is 10.2 Å². The van der Waals surface area contributed by atoms with Gasteiger partial charge in [-0.1, -0.05) is 30.3 Å². The first-order valence-electron chi connectivity index (χ1n) is 7.73. The first-order chi connectivity index (χ1) is 11.3. The number of hydrogen-bond acceptors (Lipinski definition) is 4. The predicted molar refractivity (Wildman–Crippen MR) is 97.3 cm³/mol. The molecule has 5 heteroatoms. The van der Waals surface area contributed by atoms with Crippen molar-refractivity contribution in [3.63, 3.8) is 0 Å². The number of benzene rings is 2. The third-order valence-electron chi connectivity index (χ3n) is 4.21. The summed E-state index contributed by atoms with van der Waals surface area (Å²) < 4.78 is 0. The number of H-pyrrole nitrogens is 1. The van der Waals surface area contributed by atoms with Crippen molar-refractivity contribution in [3.05, 3.63) is 58.9 Å². The van der Waals surface area contributed by atoms with Crippen molar-refractivity contribution < 1.29 is 0 Å².